The molecule has 0 spiro atoms. The molecule has 5 amide bonds. The van der Waals surface area contributed by atoms with Crippen LogP contribution >= 0.6 is 0 Å². The molecule has 1 aliphatic heterocycles. The van der Waals surface area contributed by atoms with Crippen molar-refractivity contribution in [1.29, 1.82) is 0 Å². The van der Waals surface area contributed by atoms with Gasteiger partial charge in [-0.2, -0.15) is 0 Å². The van der Waals surface area contributed by atoms with Gasteiger partial charge in [-0.3, -0.25) is 4.79 Å². The lowest BCUT2D eigenvalue weighted by atomic mass is 10.0. The lowest BCUT2D eigenvalue weighted by Gasteiger charge is -2.35. The molecule has 4 N–H and O–H groups in total. The van der Waals surface area contributed by atoms with Gasteiger partial charge in [-0.15, -0.1) is 0 Å². The van der Waals surface area contributed by atoms with Gasteiger partial charge in [0.15, 0.2) is 5.76 Å². The van der Waals surface area contributed by atoms with Gasteiger partial charge >= 0.3 is 12.1 Å². The highest BCUT2D eigenvalue weighted by Gasteiger charge is 2.31. The Morgan fingerprint density at radius 3 is 2.44 bits per heavy atom. The number of carbonyl (C=O) groups is 3. The summed E-state index contributed by atoms with van der Waals surface area (Å²) in [5.74, 6) is 0.931. The molecule has 14 heteroatoms. The maximum absolute atomic E-state index is 14.4. The van der Waals surface area contributed by atoms with E-state index in [0.29, 0.717) is 46.6 Å². The van der Waals surface area contributed by atoms with Crippen LogP contribution in [0.25, 0.3) is 0 Å². The highest BCUT2D eigenvalue weighted by atomic mass is 16.5. The van der Waals surface area contributed by atoms with E-state index in [-0.39, 0.29) is 49.2 Å². The predicted octanol–water partition coefficient (Wildman–Crippen LogP) is 5.90. The summed E-state index contributed by atoms with van der Waals surface area (Å²) in [7, 11) is 3.25. The van der Waals surface area contributed by atoms with Crippen LogP contribution in [0.4, 0.5) is 26.7 Å². The monoisotopic (exact) mass is 694 g/mol. The lowest BCUT2D eigenvalue weighted by molar-refractivity contribution is -0.0115. The Labute approximate surface area is 293 Å². The van der Waals surface area contributed by atoms with E-state index in [2.05, 4.69) is 21.1 Å². The quantitative estimate of drug-likeness (QED) is 0.224. The molecule has 4 rings (SSSR count). The van der Waals surface area contributed by atoms with E-state index in [0.717, 1.165) is 19.3 Å². The van der Waals surface area contributed by atoms with Crippen LogP contribution in [0.3, 0.4) is 0 Å². The molecule has 14 nitrogen and oxygen atoms in total. The maximum Gasteiger partial charge on any atom is 0.323 e. The van der Waals surface area contributed by atoms with Crippen LogP contribution in [0, 0.1) is 19.8 Å². The second-order valence-electron chi connectivity index (χ2n) is 12.8. The van der Waals surface area contributed by atoms with E-state index in [1.807, 2.05) is 13.8 Å². The van der Waals surface area contributed by atoms with Gasteiger partial charge in [-0.1, -0.05) is 12.1 Å². The van der Waals surface area contributed by atoms with Gasteiger partial charge in [0.05, 0.1) is 37.5 Å². The number of likely N-dealkylation sites (N-methyl/N-ethyl adjacent to an activating group) is 1. The van der Waals surface area contributed by atoms with Crippen molar-refractivity contribution in [3.8, 4) is 11.5 Å². The van der Waals surface area contributed by atoms with Crippen molar-refractivity contribution in [2.45, 2.75) is 72.1 Å². The molecule has 0 bridgehead atoms. The molecular weight excluding hydrogens is 644 g/mol. The number of ether oxygens (including phenoxy) is 3. The highest BCUT2D eigenvalue weighted by molar-refractivity contribution is 6.02. The zero-order valence-electron chi connectivity index (χ0n) is 29.9. The average Bonchev–Trinajstić information content (AvgIpc) is 3.41. The Hall–Kier alpha value is -4.82. The third-order valence-corrected chi connectivity index (χ3v) is 8.72. The van der Waals surface area contributed by atoms with Crippen LogP contribution in [0.1, 0.15) is 61.8 Å². The van der Waals surface area contributed by atoms with Crippen LogP contribution in [-0.4, -0.2) is 96.7 Å². The van der Waals surface area contributed by atoms with Crippen LogP contribution in [0.5, 0.6) is 11.5 Å². The third-order valence-electron chi connectivity index (χ3n) is 8.72. The van der Waals surface area contributed by atoms with Gasteiger partial charge in [0.2, 0.25) is 0 Å². The molecule has 1 aromatic heterocycles. The predicted molar refractivity (Wildman–Crippen MR) is 190 cm³/mol. The molecular formula is C36H50N6O8. The Balaban J connectivity index is 1.57. The summed E-state index contributed by atoms with van der Waals surface area (Å²) in [6, 6.07) is 10.5. The molecule has 0 saturated heterocycles. The van der Waals surface area contributed by atoms with Crippen molar-refractivity contribution in [3.63, 3.8) is 0 Å². The maximum atomic E-state index is 14.4. The number of aryl methyl sites for hydroxylation is 2. The van der Waals surface area contributed by atoms with E-state index in [4.69, 9.17) is 18.7 Å². The van der Waals surface area contributed by atoms with E-state index in [9.17, 15) is 19.5 Å². The van der Waals surface area contributed by atoms with Crippen molar-refractivity contribution in [2.75, 3.05) is 56.4 Å². The van der Waals surface area contributed by atoms with E-state index < -0.39 is 18.2 Å². The van der Waals surface area contributed by atoms with Crippen LogP contribution in [-0.2, 0) is 4.74 Å². The first-order valence-electron chi connectivity index (χ1n) is 16.9. The summed E-state index contributed by atoms with van der Waals surface area (Å²) in [6.45, 7) is 9.81. The lowest BCUT2D eigenvalue weighted by Crippen LogP contribution is -2.48. The second kappa shape index (κ2) is 17.7. The zero-order chi connectivity index (χ0) is 36.4. The summed E-state index contributed by atoms with van der Waals surface area (Å²) in [5, 5.41) is 22.6. The molecule has 50 heavy (non-hydrogen) atoms. The number of hydrogen-bond acceptors (Lipinski definition) is 9. The topological polar surface area (TPSA) is 168 Å². The summed E-state index contributed by atoms with van der Waals surface area (Å²) >= 11 is 0. The standard InChI is InChI=1S/C36H50N6O8/c1-22-19-42(23(2)21-43)34(44)30-18-28(38-35(45)37-27-11-14-29(47-7)15-12-27)13-16-31(30)49-24(3)10-8-9-17-48-32(22)20-41(6)36(46)39-33-25(4)40-50-26(33)5/h11-16,18,22-24,32,43H,8-10,17,19-21H2,1-7H3,(H,39,46)(H2,37,38,45)/t22-,23-,24-,32+/m0/s1. The molecule has 2 heterocycles. The number of aliphatic hydroxyl groups is 1. The van der Waals surface area contributed by atoms with E-state index in [1.165, 1.54) is 4.90 Å². The summed E-state index contributed by atoms with van der Waals surface area (Å²) in [4.78, 5) is 43.6. The number of aliphatic hydroxyl groups excluding tert-OH is 1. The van der Waals surface area contributed by atoms with Crippen LogP contribution < -0.4 is 25.4 Å². The number of hydrogen-bond donors (Lipinski definition) is 4. The highest BCUT2D eigenvalue weighted by Crippen LogP contribution is 2.29. The molecule has 3 aromatic rings. The number of nitrogens with zero attached hydrogens (tertiary/aromatic N) is 3. The van der Waals surface area contributed by atoms with Crippen LogP contribution in [0.2, 0.25) is 0 Å². The van der Waals surface area contributed by atoms with Gasteiger partial charge in [0, 0.05) is 44.0 Å². The summed E-state index contributed by atoms with van der Waals surface area (Å²) < 4.78 is 23.0. The van der Waals surface area contributed by atoms with Gasteiger partial charge < -0.3 is 49.6 Å². The van der Waals surface area contributed by atoms with Gasteiger partial charge in [0.1, 0.15) is 22.9 Å². The molecule has 4 atom stereocenters. The molecule has 2 aromatic carbocycles. The van der Waals surface area contributed by atoms with Crippen LogP contribution in [0.15, 0.2) is 47.0 Å². The number of nitrogens with one attached hydrogen (secondary N) is 3. The number of methoxy groups -OCH3 is 1. The second-order valence-corrected chi connectivity index (χ2v) is 12.8. The molecule has 0 aliphatic carbocycles. The first-order chi connectivity index (χ1) is 23.9. The molecule has 0 unspecified atom stereocenters. The van der Waals surface area contributed by atoms with Crippen molar-refractivity contribution in [2.24, 2.45) is 5.92 Å². The van der Waals surface area contributed by atoms with E-state index in [1.54, 1.807) is 82.3 Å². The Morgan fingerprint density at radius 1 is 1.08 bits per heavy atom. The van der Waals surface area contributed by atoms with Crippen molar-refractivity contribution in [1.82, 2.24) is 15.0 Å². The first-order valence-corrected chi connectivity index (χ1v) is 16.9. The number of urea groups is 2. The van der Waals surface area contributed by atoms with Gasteiger partial charge in [0.25, 0.3) is 5.91 Å². The van der Waals surface area contributed by atoms with Crippen molar-refractivity contribution >= 4 is 35.0 Å². The zero-order valence-corrected chi connectivity index (χ0v) is 29.9. The normalized spacial score (nSPS) is 19.3. The fourth-order valence-corrected chi connectivity index (χ4v) is 5.65. The third kappa shape index (κ3) is 10.1. The number of rotatable bonds is 8. The smallest absolute Gasteiger partial charge is 0.323 e. The Bertz CT molecular complexity index is 1580. The number of benzene rings is 2. The number of carbonyl (C=O) groups excluding carboxylic acids is 3. The fraction of sp³-hybridized carbons (Fsp3) is 0.500. The number of amides is 5. The molecule has 0 fully saturated rings. The van der Waals surface area contributed by atoms with E-state index >= 15 is 0 Å². The molecule has 0 radical (unpaired) electrons. The number of anilines is 3. The minimum atomic E-state index is -0.556. The Kier molecular flexibility index (Phi) is 13.5. The van der Waals surface area contributed by atoms with Crippen molar-refractivity contribution in [3.05, 3.63) is 59.5 Å². The summed E-state index contributed by atoms with van der Waals surface area (Å²) in [5.41, 5.74) is 2.30. The molecule has 0 saturated carbocycles. The molecule has 1 aliphatic rings. The fourth-order valence-electron chi connectivity index (χ4n) is 5.65. The largest absolute Gasteiger partial charge is 0.497 e. The number of fused-ring (bicyclic) bond motifs is 1. The SMILES string of the molecule is COc1ccc(NC(=O)Nc2ccc3c(c2)C(=O)N([C@@H](C)CO)C[C@H](C)[C@@H](CN(C)C(=O)Nc2c(C)noc2C)OCCCC[C@H](C)O3)cc1. The minimum Gasteiger partial charge on any atom is -0.497 e. The average molecular weight is 695 g/mol. The van der Waals surface area contributed by atoms with Gasteiger partial charge in [-0.25, -0.2) is 9.59 Å². The Morgan fingerprint density at radius 2 is 1.78 bits per heavy atom. The number of aromatic nitrogens is 1. The first kappa shape index (κ1) is 38.0. The summed E-state index contributed by atoms with van der Waals surface area (Å²) in [6.07, 6.45) is 1.69. The minimum absolute atomic E-state index is 0.209. The molecule has 272 valence electrons. The van der Waals surface area contributed by atoms with Gasteiger partial charge in [-0.05, 0) is 89.4 Å². The van der Waals surface area contributed by atoms with Crippen molar-refractivity contribution < 1.29 is 38.2 Å².